The van der Waals surface area contributed by atoms with Gasteiger partial charge in [0.05, 0.1) is 22.2 Å². The van der Waals surface area contributed by atoms with Crippen LogP contribution in [-0.2, 0) is 6.42 Å². The Labute approximate surface area is 261 Å². The van der Waals surface area contributed by atoms with Gasteiger partial charge in [0.1, 0.15) is 29.5 Å². The van der Waals surface area contributed by atoms with E-state index >= 15 is 4.39 Å². The Balaban J connectivity index is 1.25. The highest BCUT2D eigenvalue weighted by Gasteiger charge is 2.46. The summed E-state index contributed by atoms with van der Waals surface area (Å²) < 4.78 is 38.5. The van der Waals surface area contributed by atoms with Crippen molar-refractivity contribution in [2.24, 2.45) is 0 Å². The molecule has 0 saturated carbocycles. The van der Waals surface area contributed by atoms with Gasteiger partial charge in [0.2, 0.25) is 0 Å². The largest absolute Gasteiger partial charge is 0.461 e. The Kier molecular flexibility index (Phi) is 6.30. The van der Waals surface area contributed by atoms with Crippen LogP contribution in [0.5, 0.6) is 6.01 Å². The number of anilines is 1. The summed E-state index contributed by atoms with van der Waals surface area (Å²) in [5.74, 6) is 2.16. The van der Waals surface area contributed by atoms with Crippen molar-refractivity contribution in [2.75, 3.05) is 31.1 Å². The maximum absolute atomic E-state index is 17.1. The minimum Gasteiger partial charge on any atom is -0.461 e. The molecule has 7 nitrogen and oxygen atoms in total. The predicted molar refractivity (Wildman–Crippen MR) is 170 cm³/mol. The van der Waals surface area contributed by atoms with Crippen LogP contribution < -0.4 is 15.0 Å². The van der Waals surface area contributed by atoms with E-state index in [4.69, 9.17) is 26.1 Å². The van der Waals surface area contributed by atoms with Crippen molar-refractivity contribution < 1.29 is 13.5 Å². The number of pyridine rings is 1. The lowest BCUT2D eigenvalue weighted by atomic mass is 9.93. The molecule has 9 heteroatoms. The Morgan fingerprint density at radius 2 is 1.87 bits per heavy atom. The number of ether oxygens (including phenoxy) is 1. The highest BCUT2D eigenvalue weighted by atomic mass is 19.1. The smallest absolute Gasteiger partial charge is 0.319 e. The Bertz CT molecular complexity index is 1900. The molecule has 0 radical (unpaired) electrons. The number of nitrogens with zero attached hydrogens (tertiary/aromatic N) is 5. The van der Waals surface area contributed by atoms with Crippen molar-refractivity contribution in [1.82, 2.24) is 25.2 Å². The predicted octanol–water partition coefficient (Wildman–Crippen LogP) is 5.76. The van der Waals surface area contributed by atoms with E-state index in [1.54, 1.807) is 12.1 Å². The summed E-state index contributed by atoms with van der Waals surface area (Å²) >= 11 is 0. The molecule has 4 saturated heterocycles. The van der Waals surface area contributed by atoms with Gasteiger partial charge < -0.3 is 15.0 Å². The maximum Gasteiger partial charge on any atom is 0.319 e. The van der Waals surface area contributed by atoms with E-state index in [0.717, 1.165) is 87.9 Å². The molecule has 2 aromatic carbocycles. The number of halogens is 2. The number of aryl methyl sites for hydroxylation is 1. The summed E-state index contributed by atoms with van der Waals surface area (Å²) in [6.45, 7) is 3.49. The summed E-state index contributed by atoms with van der Waals surface area (Å²) in [6, 6.07) is 9.73. The lowest BCUT2D eigenvalue weighted by Gasteiger charge is -2.43. The zero-order chi connectivity index (χ0) is 30.3. The van der Waals surface area contributed by atoms with Crippen LogP contribution in [0.1, 0.15) is 62.6 Å². The summed E-state index contributed by atoms with van der Waals surface area (Å²) in [7, 11) is 0. The molecule has 9 rings (SSSR count). The summed E-state index contributed by atoms with van der Waals surface area (Å²) in [5, 5.41) is 5.69. The minimum atomic E-state index is -0.557. The molecule has 5 aliphatic heterocycles. The third-order valence-electron chi connectivity index (χ3n) is 11.2. The Morgan fingerprint density at radius 1 is 1.00 bits per heavy atom. The highest BCUT2D eigenvalue weighted by molar-refractivity contribution is 6.02. The first-order valence-corrected chi connectivity index (χ1v) is 16.5. The van der Waals surface area contributed by atoms with E-state index in [1.165, 1.54) is 6.07 Å². The summed E-state index contributed by atoms with van der Waals surface area (Å²) in [5.41, 5.74) is 1.69. The quantitative estimate of drug-likeness (QED) is 0.297. The van der Waals surface area contributed by atoms with Gasteiger partial charge >= 0.3 is 6.01 Å². The lowest BCUT2D eigenvalue weighted by molar-refractivity contribution is 0.108. The van der Waals surface area contributed by atoms with E-state index in [1.807, 2.05) is 12.1 Å². The fourth-order valence-electron chi connectivity index (χ4n) is 9.16. The molecule has 3 atom stereocenters. The standard InChI is InChI=1S/C36H36F2N6O/c1-2-23-25(37)13-11-21-7-3-8-24(29(21)23)32-31(38)33-30-27(40-32)9-4-10-28-26-14-12-22(39-26)19-44(28)34(30)42-35(41-33)45-20-36-15-5-17-43(36)18-6-16-36/h1,3,7-8,11,13,22,26,28,39H,4-6,9-10,12,14-20H2/t22-,26+,28?/m0/s1. The fraction of sp³-hybridized carbons (Fsp3) is 0.472. The Hall–Kier alpha value is -3.87. The van der Waals surface area contributed by atoms with Crippen LogP contribution in [0.25, 0.3) is 32.9 Å². The van der Waals surface area contributed by atoms with Crippen LogP contribution in [0.3, 0.4) is 0 Å². The minimum absolute atomic E-state index is 0.00632. The first-order chi connectivity index (χ1) is 22.0. The SMILES string of the molecule is C#Cc1c(F)ccc2cccc(-c3nc4c5c(nc(OCC67CCCN6CCC7)nc5c3F)N3C[C@@H]5CC[C@@H](N5)C3CCC4)c12. The molecule has 45 heavy (non-hydrogen) atoms. The zero-order valence-corrected chi connectivity index (χ0v) is 25.3. The van der Waals surface area contributed by atoms with Gasteiger partial charge in [-0.2, -0.15) is 9.97 Å². The number of benzene rings is 2. The maximum atomic E-state index is 17.1. The molecule has 0 amide bonds. The van der Waals surface area contributed by atoms with Crippen LogP contribution in [0.15, 0.2) is 30.3 Å². The molecule has 7 heterocycles. The van der Waals surface area contributed by atoms with Gasteiger partial charge in [0.25, 0.3) is 0 Å². The average molecular weight is 607 g/mol. The van der Waals surface area contributed by atoms with Gasteiger partial charge in [0, 0.05) is 35.6 Å². The fourth-order valence-corrected chi connectivity index (χ4v) is 9.16. The molecule has 230 valence electrons. The summed E-state index contributed by atoms with van der Waals surface area (Å²) in [4.78, 5) is 19.8. The molecule has 2 bridgehead atoms. The van der Waals surface area contributed by atoms with Gasteiger partial charge in [-0.15, -0.1) is 6.42 Å². The average Bonchev–Trinajstić information content (AvgIpc) is 3.75. The van der Waals surface area contributed by atoms with Crippen molar-refractivity contribution >= 4 is 27.5 Å². The number of piperazine rings is 1. The van der Waals surface area contributed by atoms with Crippen molar-refractivity contribution in [3.63, 3.8) is 0 Å². The first-order valence-electron chi connectivity index (χ1n) is 16.5. The number of aromatic nitrogens is 3. The number of fused-ring (bicyclic) bond motifs is 7. The molecular weight excluding hydrogens is 570 g/mol. The van der Waals surface area contributed by atoms with E-state index in [-0.39, 0.29) is 34.4 Å². The molecule has 5 aliphatic rings. The van der Waals surface area contributed by atoms with Gasteiger partial charge in [-0.1, -0.05) is 30.2 Å². The monoisotopic (exact) mass is 606 g/mol. The van der Waals surface area contributed by atoms with Crippen molar-refractivity contribution in [3.8, 4) is 29.6 Å². The van der Waals surface area contributed by atoms with Gasteiger partial charge in [-0.3, -0.25) is 4.90 Å². The van der Waals surface area contributed by atoms with Gasteiger partial charge in [-0.25, -0.2) is 13.8 Å². The van der Waals surface area contributed by atoms with Crippen LogP contribution in [-0.4, -0.2) is 69.8 Å². The van der Waals surface area contributed by atoms with E-state index < -0.39 is 11.6 Å². The Morgan fingerprint density at radius 3 is 2.71 bits per heavy atom. The van der Waals surface area contributed by atoms with E-state index in [2.05, 4.69) is 21.0 Å². The van der Waals surface area contributed by atoms with Gasteiger partial charge in [-0.05, 0) is 82.3 Å². The van der Waals surface area contributed by atoms with Crippen LogP contribution >= 0.6 is 0 Å². The normalized spacial score (nSPS) is 25.2. The van der Waals surface area contributed by atoms with Crippen molar-refractivity contribution in [2.45, 2.75) is 81.5 Å². The van der Waals surface area contributed by atoms with Crippen LogP contribution in [0.4, 0.5) is 14.6 Å². The second-order valence-electron chi connectivity index (χ2n) is 13.6. The molecular formula is C36H36F2N6O. The molecule has 4 fully saturated rings. The van der Waals surface area contributed by atoms with Crippen LogP contribution in [0, 0.1) is 24.0 Å². The highest BCUT2D eigenvalue weighted by Crippen LogP contribution is 2.43. The van der Waals surface area contributed by atoms with Crippen molar-refractivity contribution in [1.29, 1.82) is 0 Å². The molecule has 0 aliphatic carbocycles. The summed E-state index contributed by atoms with van der Waals surface area (Å²) in [6.07, 6.45) is 15.1. The van der Waals surface area contributed by atoms with E-state index in [9.17, 15) is 4.39 Å². The van der Waals surface area contributed by atoms with Crippen molar-refractivity contribution in [3.05, 3.63) is 53.2 Å². The second kappa shape index (κ2) is 10.3. The molecule has 2 aromatic heterocycles. The third-order valence-corrected chi connectivity index (χ3v) is 11.2. The lowest BCUT2D eigenvalue weighted by Crippen LogP contribution is -2.58. The second-order valence-corrected chi connectivity index (χ2v) is 13.6. The molecule has 1 N–H and O–H groups in total. The number of hydrogen-bond donors (Lipinski definition) is 1. The van der Waals surface area contributed by atoms with E-state index in [0.29, 0.717) is 41.4 Å². The molecule has 4 aromatic rings. The zero-order valence-electron chi connectivity index (χ0n) is 25.3. The number of nitrogens with one attached hydrogen (secondary N) is 1. The number of terminal acetylenes is 1. The number of rotatable bonds is 4. The molecule has 0 spiro atoms. The number of hydrogen-bond acceptors (Lipinski definition) is 7. The van der Waals surface area contributed by atoms with Gasteiger partial charge in [0.15, 0.2) is 5.82 Å². The topological polar surface area (TPSA) is 66.4 Å². The third kappa shape index (κ3) is 4.18. The van der Waals surface area contributed by atoms with Crippen LogP contribution in [0.2, 0.25) is 0 Å². The first kappa shape index (κ1) is 27.4. The molecule has 1 unspecified atom stereocenters.